The second-order valence-corrected chi connectivity index (χ2v) is 8.56. The topological polar surface area (TPSA) is 93.8 Å². The van der Waals surface area contributed by atoms with Gasteiger partial charge in [0, 0.05) is 12.1 Å². The molecule has 0 aliphatic heterocycles. The van der Waals surface area contributed by atoms with Gasteiger partial charge in [-0.1, -0.05) is 6.07 Å². The molecule has 4 aliphatic carbocycles. The molecule has 0 spiro atoms. The van der Waals surface area contributed by atoms with E-state index >= 15 is 0 Å². The molecular formula is C20H29ClN2O4. The second kappa shape index (κ2) is 7.49. The van der Waals surface area contributed by atoms with Gasteiger partial charge in [0.15, 0.2) is 18.1 Å². The van der Waals surface area contributed by atoms with E-state index in [9.17, 15) is 9.90 Å². The van der Waals surface area contributed by atoms with Crippen LogP contribution in [-0.2, 0) is 11.3 Å². The van der Waals surface area contributed by atoms with Crippen molar-refractivity contribution in [2.75, 3.05) is 13.7 Å². The maximum atomic E-state index is 10.9. The van der Waals surface area contributed by atoms with E-state index in [4.69, 9.17) is 15.2 Å². The van der Waals surface area contributed by atoms with Crippen molar-refractivity contribution in [3.8, 4) is 11.5 Å². The number of ether oxygens (including phenoxy) is 2. The standard InChI is InChI=1S/C20H28N2O4.ClH/c1-25-17-5-13(2-3-16(17)26-11-18(21)23)10-22-19-6-14-4-15(7-19)9-20(24,8-14)12-19;/h2-3,5,14-15,22,24H,4,6-12H2,1H3,(H2,21,23);1H. The van der Waals surface area contributed by atoms with Crippen LogP contribution in [0.5, 0.6) is 11.5 Å². The third kappa shape index (κ3) is 4.18. The maximum absolute atomic E-state index is 10.9. The molecule has 0 saturated heterocycles. The third-order valence-corrected chi connectivity index (χ3v) is 6.30. The van der Waals surface area contributed by atoms with Crippen LogP contribution in [0, 0.1) is 11.8 Å². The first-order valence-electron chi connectivity index (χ1n) is 9.44. The zero-order valence-electron chi connectivity index (χ0n) is 15.7. The second-order valence-electron chi connectivity index (χ2n) is 8.56. The molecule has 4 N–H and O–H groups in total. The molecule has 7 heteroatoms. The van der Waals surface area contributed by atoms with Gasteiger partial charge in [-0.2, -0.15) is 0 Å². The van der Waals surface area contributed by atoms with Crippen LogP contribution >= 0.6 is 12.4 Å². The molecule has 4 saturated carbocycles. The van der Waals surface area contributed by atoms with Gasteiger partial charge in [0.2, 0.25) is 0 Å². The molecular weight excluding hydrogens is 368 g/mol. The average Bonchev–Trinajstić information content (AvgIpc) is 2.56. The summed E-state index contributed by atoms with van der Waals surface area (Å²) in [5.74, 6) is 1.91. The zero-order valence-corrected chi connectivity index (χ0v) is 16.5. The van der Waals surface area contributed by atoms with Gasteiger partial charge in [0.05, 0.1) is 12.7 Å². The van der Waals surface area contributed by atoms with E-state index in [0.29, 0.717) is 23.3 Å². The predicted octanol–water partition coefficient (Wildman–Crippen LogP) is 2.15. The van der Waals surface area contributed by atoms with Crippen molar-refractivity contribution in [2.45, 2.75) is 56.2 Å². The van der Waals surface area contributed by atoms with Crippen molar-refractivity contribution in [1.29, 1.82) is 0 Å². The van der Waals surface area contributed by atoms with E-state index in [0.717, 1.165) is 31.4 Å². The zero-order chi connectivity index (χ0) is 18.4. The number of hydrogen-bond donors (Lipinski definition) is 3. The smallest absolute Gasteiger partial charge is 0.255 e. The predicted molar refractivity (Wildman–Crippen MR) is 104 cm³/mol. The Morgan fingerprint density at radius 3 is 2.56 bits per heavy atom. The Kier molecular flexibility index (Phi) is 5.62. The summed E-state index contributed by atoms with van der Waals surface area (Å²) in [4.78, 5) is 10.9. The number of rotatable bonds is 7. The van der Waals surface area contributed by atoms with Gasteiger partial charge >= 0.3 is 0 Å². The van der Waals surface area contributed by atoms with Crippen molar-refractivity contribution >= 4 is 18.3 Å². The Balaban J connectivity index is 0.00000210. The van der Waals surface area contributed by atoms with Gasteiger partial charge in [0.1, 0.15) is 0 Å². The van der Waals surface area contributed by atoms with E-state index in [2.05, 4.69) is 5.32 Å². The summed E-state index contributed by atoms with van der Waals surface area (Å²) in [6.07, 6.45) is 6.44. The summed E-state index contributed by atoms with van der Waals surface area (Å²) in [5, 5.41) is 14.6. The van der Waals surface area contributed by atoms with E-state index in [1.165, 1.54) is 19.3 Å². The minimum absolute atomic E-state index is 0. The van der Waals surface area contributed by atoms with Crippen LogP contribution in [0.3, 0.4) is 0 Å². The molecule has 150 valence electrons. The number of benzene rings is 1. The van der Waals surface area contributed by atoms with Crippen LogP contribution in [0.1, 0.15) is 44.1 Å². The molecule has 4 aliphatic rings. The van der Waals surface area contributed by atoms with Gasteiger partial charge < -0.3 is 25.6 Å². The number of methoxy groups -OCH3 is 1. The quantitative estimate of drug-likeness (QED) is 0.656. The van der Waals surface area contributed by atoms with Crippen LogP contribution in [0.2, 0.25) is 0 Å². The van der Waals surface area contributed by atoms with Gasteiger partial charge in [-0.05, 0) is 68.1 Å². The van der Waals surface area contributed by atoms with Crippen LogP contribution in [0.4, 0.5) is 0 Å². The fraction of sp³-hybridized carbons (Fsp3) is 0.650. The Morgan fingerprint density at radius 1 is 1.26 bits per heavy atom. The summed E-state index contributed by atoms with van der Waals surface area (Å²) in [6.45, 7) is 0.556. The number of nitrogens with one attached hydrogen (secondary N) is 1. The summed E-state index contributed by atoms with van der Waals surface area (Å²) < 4.78 is 10.8. The number of amides is 1. The Hall–Kier alpha value is -1.50. The van der Waals surface area contributed by atoms with Crippen molar-refractivity contribution in [3.05, 3.63) is 23.8 Å². The molecule has 0 radical (unpaired) electrons. The van der Waals surface area contributed by atoms with Crippen LogP contribution in [0.15, 0.2) is 18.2 Å². The lowest BCUT2D eigenvalue weighted by Crippen LogP contribution is -2.64. The molecule has 2 unspecified atom stereocenters. The van der Waals surface area contributed by atoms with Crippen LogP contribution < -0.4 is 20.5 Å². The number of nitrogens with two attached hydrogens (primary N) is 1. The summed E-state index contributed by atoms with van der Waals surface area (Å²) in [5.41, 5.74) is 5.83. The molecule has 4 bridgehead atoms. The highest BCUT2D eigenvalue weighted by Gasteiger charge is 2.56. The van der Waals surface area contributed by atoms with E-state index < -0.39 is 11.5 Å². The molecule has 6 nitrogen and oxygen atoms in total. The summed E-state index contributed by atoms with van der Waals surface area (Å²) >= 11 is 0. The number of hydrogen-bond acceptors (Lipinski definition) is 5. The number of halogens is 1. The molecule has 1 aromatic carbocycles. The molecule has 4 fully saturated rings. The van der Waals surface area contributed by atoms with Gasteiger partial charge in [-0.3, -0.25) is 4.79 Å². The van der Waals surface area contributed by atoms with E-state index in [1.807, 2.05) is 18.2 Å². The molecule has 2 atom stereocenters. The van der Waals surface area contributed by atoms with Gasteiger partial charge in [-0.15, -0.1) is 12.4 Å². The largest absolute Gasteiger partial charge is 0.493 e. The van der Waals surface area contributed by atoms with Crippen molar-refractivity contribution in [3.63, 3.8) is 0 Å². The van der Waals surface area contributed by atoms with Crippen molar-refractivity contribution in [2.24, 2.45) is 17.6 Å². The first kappa shape index (κ1) is 20.2. The lowest BCUT2D eigenvalue weighted by molar-refractivity contribution is -0.142. The molecule has 0 aromatic heterocycles. The maximum Gasteiger partial charge on any atom is 0.255 e. The minimum atomic E-state index is -0.516. The fourth-order valence-corrected chi connectivity index (χ4v) is 5.80. The number of carbonyl (C=O) groups is 1. The van der Waals surface area contributed by atoms with E-state index in [1.54, 1.807) is 7.11 Å². The first-order chi connectivity index (χ1) is 12.4. The Bertz CT molecular complexity index is 697. The van der Waals surface area contributed by atoms with Crippen molar-refractivity contribution < 1.29 is 19.4 Å². The van der Waals surface area contributed by atoms with Gasteiger partial charge in [-0.25, -0.2) is 0 Å². The molecule has 1 aromatic rings. The first-order valence-corrected chi connectivity index (χ1v) is 9.44. The highest BCUT2D eigenvalue weighted by Crippen LogP contribution is 2.57. The Labute approximate surface area is 166 Å². The fourth-order valence-electron chi connectivity index (χ4n) is 5.80. The number of carbonyl (C=O) groups excluding carboxylic acids is 1. The SMILES string of the molecule is COc1cc(CNC23CC4CC(CC(O)(C4)C2)C3)ccc1OCC(N)=O.Cl. The summed E-state index contributed by atoms with van der Waals surface area (Å²) in [6, 6.07) is 5.71. The average molecular weight is 397 g/mol. The van der Waals surface area contributed by atoms with Crippen LogP contribution in [-0.4, -0.2) is 35.9 Å². The lowest BCUT2D eigenvalue weighted by atomic mass is 9.51. The minimum Gasteiger partial charge on any atom is -0.493 e. The molecule has 1 amide bonds. The van der Waals surface area contributed by atoms with Gasteiger partial charge in [0.25, 0.3) is 5.91 Å². The number of primary amides is 1. The Morgan fingerprint density at radius 2 is 1.96 bits per heavy atom. The molecule has 5 rings (SSSR count). The molecule has 27 heavy (non-hydrogen) atoms. The van der Waals surface area contributed by atoms with Crippen LogP contribution in [0.25, 0.3) is 0 Å². The third-order valence-electron chi connectivity index (χ3n) is 6.30. The highest BCUT2D eigenvalue weighted by atomic mass is 35.5. The monoisotopic (exact) mass is 396 g/mol. The highest BCUT2D eigenvalue weighted by molar-refractivity contribution is 5.85. The van der Waals surface area contributed by atoms with Crippen molar-refractivity contribution in [1.82, 2.24) is 5.32 Å². The lowest BCUT2D eigenvalue weighted by Gasteiger charge is -2.60. The van der Waals surface area contributed by atoms with E-state index in [-0.39, 0.29) is 24.6 Å². The summed E-state index contributed by atoms with van der Waals surface area (Å²) in [7, 11) is 1.58. The number of aliphatic hydroxyl groups is 1. The normalized spacial score (nSPS) is 33.4. The molecule has 0 heterocycles.